The molecule has 0 saturated carbocycles. The lowest BCUT2D eigenvalue weighted by molar-refractivity contribution is -0.130. The molecule has 2 aromatic heterocycles. The molecule has 4 unspecified atom stereocenters. The van der Waals surface area contributed by atoms with Gasteiger partial charge in [0.1, 0.15) is 11.7 Å². The van der Waals surface area contributed by atoms with E-state index in [0.717, 1.165) is 28.8 Å². The van der Waals surface area contributed by atoms with E-state index in [2.05, 4.69) is 30.9 Å². The average molecular weight is 740 g/mol. The summed E-state index contributed by atoms with van der Waals surface area (Å²) in [5.41, 5.74) is 3.20. The molecule has 53 heavy (non-hydrogen) atoms. The number of piperidine rings is 1. The molecule has 1 fully saturated rings. The molecule has 3 heterocycles. The van der Waals surface area contributed by atoms with Crippen LogP contribution in [0.15, 0.2) is 78.0 Å². The molecule has 4 N–H and O–H groups in total. The van der Waals surface area contributed by atoms with Gasteiger partial charge in [0, 0.05) is 40.7 Å². The summed E-state index contributed by atoms with van der Waals surface area (Å²) in [4.78, 5) is 57.0. The number of fused-ring (bicyclic) bond motifs is 1. The van der Waals surface area contributed by atoms with Crippen molar-refractivity contribution in [2.24, 2.45) is 5.92 Å². The second-order valence-corrected chi connectivity index (χ2v) is 16.7. The average Bonchev–Trinajstić information content (AvgIpc) is 3.09. The SMILES string of the molecule is Cc1cc(C)nc(SC2CCN(CC(O)C(Cc3ccccc3)NC(=O)[C@@H](NC(=O)c3ccc4ccccc4n3)C(C)C)C(C(=O)NC(C)(C)C)C2)n1. The zero-order valence-electron chi connectivity index (χ0n) is 31.8. The standard InChI is InChI=1S/C41H53N7O4S/c1-25(2)36(46-37(50)32-18-17-29-15-11-12-16-31(29)44-32)39(52)45-33(22-28-13-9-8-10-14-28)35(49)24-48-20-19-30(23-34(48)38(51)47-41(5,6)7)53-40-42-26(3)21-27(4)43-40/h8-18,21,25,30,33-36,49H,19-20,22-24H2,1-7H3,(H,45,52)(H,46,50)(H,47,51)/t30?,33?,34?,35?,36-/m0/s1. The third-order valence-electron chi connectivity index (χ3n) is 9.28. The van der Waals surface area contributed by atoms with Gasteiger partial charge in [-0.25, -0.2) is 15.0 Å². The van der Waals surface area contributed by atoms with E-state index in [1.807, 2.05) is 120 Å². The molecule has 1 aliphatic rings. The Morgan fingerprint density at radius 1 is 0.925 bits per heavy atom. The molecule has 0 radical (unpaired) electrons. The summed E-state index contributed by atoms with van der Waals surface area (Å²) in [5, 5.41) is 22.8. The molecule has 5 atom stereocenters. The maximum Gasteiger partial charge on any atom is 0.270 e. The van der Waals surface area contributed by atoms with Gasteiger partial charge in [0.15, 0.2) is 5.16 Å². The van der Waals surface area contributed by atoms with Gasteiger partial charge in [-0.1, -0.05) is 80.2 Å². The number of nitrogens with zero attached hydrogens (tertiary/aromatic N) is 4. The minimum atomic E-state index is -1.03. The molecule has 0 bridgehead atoms. The first-order chi connectivity index (χ1) is 25.1. The molecule has 282 valence electrons. The number of hydrogen-bond donors (Lipinski definition) is 4. The molecule has 4 aromatic rings. The normalized spacial score (nSPS) is 18.3. The summed E-state index contributed by atoms with van der Waals surface area (Å²) >= 11 is 1.59. The highest BCUT2D eigenvalue weighted by Crippen LogP contribution is 2.32. The van der Waals surface area contributed by atoms with Crippen LogP contribution in [0.1, 0.15) is 74.9 Å². The second-order valence-electron chi connectivity index (χ2n) is 15.4. The number of aliphatic hydroxyl groups excluding tert-OH is 1. The number of benzene rings is 2. The van der Waals surface area contributed by atoms with Gasteiger partial charge < -0.3 is 21.1 Å². The highest BCUT2D eigenvalue weighted by Gasteiger charge is 2.38. The van der Waals surface area contributed by atoms with Gasteiger partial charge in [-0.2, -0.15) is 0 Å². The lowest BCUT2D eigenvalue weighted by Crippen LogP contribution is -2.60. The molecule has 2 aromatic carbocycles. The third kappa shape index (κ3) is 11.3. The first-order valence-electron chi connectivity index (χ1n) is 18.4. The highest BCUT2D eigenvalue weighted by molar-refractivity contribution is 7.99. The number of carbonyl (C=O) groups is 3. The van der Waals surface area contributed by atoms with E-state index in [-0.39, 0.29) is 29.3 Å². The number of hydrogen-bond acceptors (Lipinski definition) is 9. The van der Waals surface area contributed by atoms with Crippen molar-refractivity contribution < 1.29 is 19.5 Å². The number of amides is 3. The second kappa shape index (κ2) is 17.6. The topological polar surface area (TPSA) is 149 Å². The van der Waals surface area contributed by atoms with Crippen LogP contribution >= 0.6 is 11.8 Å². The summed E-state index contributed by atoms with van der Waals surface area (Å²) in [5.74, 6) is -1.22. The van der Waals surface area contributed by atoms with Gasteiger partial charge in [-0.05, 0) is 83.6 Å². The minimum Gasteiger partial charge on any atom is -0.390 e. The minimum absolute atomic E-state index is 0.104. The lowest BCUT2D eigenvalue weighted by Gasteiger charge is -2.41. The van der Waals surface area contributed by atoms with E-state index < -0.39 is 41.6 Å². The van der Waals surface area contributed by atoms with Gasteiger partial charge in [0.25, 0.3) is 5.91 Å². The maximum atomic E-state index is 14.0. The molecule has 12 heteroatoms. The van der Waals surface area contributed by atoms with Crippen LogP contribution in [0.2, 0.25) is 0 Å². The van der Waals surface area contributed by atoms with Crippen LogP contribution in [0.3, 0.4) is 0 Å². The number of aromatic nitrogens is 3. The van der Waals surface area contributed by atoms with Crippen molar-refractivity contribution in [2.45, 2.75) is 108 Å². The number of nitrogens with one attached hydrogen (secondary N) is 3. The summed E-state index contributed by atoms with van der Waals surface area (Å²) < 4.78 is 0. The first-order valence-corrected chi connectivity index (χ1v) is 19.3. The fraction of sp³-hybridized carbons (Fsp3) is 0.463. The number of para-hydroxylation sites is 1. The summed E-state index contributed by atoms with van der Waals surface area (Å²) in [7, 11) is 0. The van der Waals surface area contributed by atoms with Crippen molar-refractivity contribution in [3.05, 3.63) is 95.4 Å². The fourth-order valence-corrected chi connectivity index (χ4v) is 7.86. The number of pyridine rings is 1. The maximum absolute atomic E-state index is 14.0. The Morgan fingerprint density at radius 3 is 2.28 bits per heavy atom. The number of likely N-dealkylation sites (tertiary alicyclic amines) is 1. The van der Waals surface area contributed by atoms with Crippen LogP contribution in [-0.4, -0.2) is 90.8 Å². The predicted molar refractivity (Wildman–Crippen MR) is 210 cm³/mol. The van der Waals surface area contributed by atoms with Crippen LogP contribution in [0.25, 0.3) is 10.9 Å². The fourth-order valence-electron chi connectivity index (χ4n) is 6.66. The van der Waals surface area contributed by atoms with Crippen molar-refractivity contribution in [3.63, 3.8) is 0 Å². The van der Waals surface area contributed by atoms with Crippen LogP contribution in [0, 0.1) is 19.8 Å². The summed E-state index contributed by atoms with van der Waals surface area (Å²) in [6, 6.07) is 20.5. The van der Waals surface area contributed by atoms with Crippen molar-refractivity contribution in [3.8, 4) is 0 Å². The quantitative estimate of drug-likeness (QED) is 0.139. The number of thioether (sulfide) groups is 1. The van der Waals surface area contributed by atoms with Gasteiger partial charge in [0.05, 0.1) is 23.7 Å². The van der Waals surface area contributed by atoms with Crippen LogP contribution in [-0.2, 0) is 16.0 Å². The van der Waals surface area contributed by atoms with E-state index in [1.165, 1.54) is 0 Å². The van der Waals surface area contributed by atoms with E-state index in [1.54, 1.807) is 17.8 Å². The van der Waals surface area contributed by atoms with Crippen LogP contribution in [0.5, 0.6) is 0 Å². The summed E-state index contributed by atoms with van der Waals surface area (Å²) in [6.45, 7) is 14.2. The van der Waals surface area contributed by atoms with Crippen molar-refractivity contribution in [2.75, 3.05) is 13.1 Å². The zero-order chi connectivity index (χ0) is 38.3. The Morgan fingerprint density at radius 2 is 1.60 bits per heavy atom. The van der Waals surface area contributed by atoms with Gasteiger partial charge in [-0.3, -0.25) is 19.3 Å². The Hall–Kier alpha value is -4.39. The van der Waals surface area contributed by atoms with Crippen molar-refractivity contribution >= 4 is 40.4 Å². The molecule has 1 aliphatic heterocycles. The zero-order valence-corrected chi connectivity index (χ0v) is 32.6. The monoisotopic (exact) mass is 739 g/mol. The Balaban J connectivity index is 1.33. The molecular weight excluding hydrogens is 687 g/mol. The number of aryl methyl sites for hydroxylation is 2. The van der Waals surface area contributed by atoms with Gasteiger partial charge >= 0.3 is 0 Å². The lowest BCUT2D eigenvalue weighted by atomic mass is 9.95. The molecule has 3 amide bonds. The number of rotatable bonds is 13. The van der Waals surface area contributed by atoms with E-state index in [9.17, 15) is 19.5 Å². The smallest absolute Gasteiger partial charge is 0.270 e. The van der Waals surface area contributed by atoms with Crippen molar-refractivity contribution in [1.29, 1.82) is 0 Å². The molecule has 0 spiro atoms. The first kappa shape index (κ1) is 39.8. The Bertz CT molecular complexity index is 1860. The largest absolute Gasteiger partial charge is 0.390 e. The third-order valence-corrected chi connectivity index (χ3v) is 10.4. The van der Waals surface area contributed by atoms with E-state index in [0.29, 0.717) is 30.1 Å². The molecule has 1 saturated heterocycles. The Labute approximate surface area is 317 Å². The van der Waals surface area contributed by atoms with Gasteiger partial charge in [-0.15, -0.1) is 0 Å². The van der Waals surface area contributed by atoms with Crippen LogP contribution in [0.4, 0.5) is 0 Å². The van der Waals surface area contributed by atoms with Gasteiger partial charge in [0.2, 0.25) is 11.8 Å². The molecule has 11 nitrogen and oxygen atoms in total. The number of carbonyl (C=O) groups excluding carboxylic acids is 3. The van der Waals surface area contributed by atoms with Crippen molar-refractivity contribution in [1.82, 2.24) is 35.8 Å². The number of aliphatic hydroxyl groups is 1. The molecule has 5 rings (SSSR count). The van der Waals surface area contributed by atoms with E-state index >= 15 is 0 Å². The Kier molecular flexibility index (Phi) is 13.2. The predicted octanol–water partition coefficient (Wildman–Crippen LogP) is 5.02. The molecule has 0 aliphatic carbocycles. The summed E-state index contributed by atoms with van der Waals surface area (Å²) in [6.07, 6.45) is 0.651. The number of β-amino-alcohol motifs (C(OH)–C–C–N with tert-alkyl or cyclic N) is 1. The van der Waals surface area contributed by atoms with E-state index in [4.69, 9.17) is 0 Å². The van der Waals surface area contributed by atoms with Crippen LogP contribution < -0.4 is 16.0 Å². The highest BCUT2D eigenvalue weighted by atomic mass is 32.2. The molecular formula is C41H53N7O4S.